The molecule has 2 aromatic rings. The number of hydrogen-bond donors (Lipinski definition) is 2. The molecule has 0 aliphatic heterocycles. The fourth-order valence-electron chi connectivity index (χ4n) is 1.76. The highest BCUT2D eigenvalue weighted by molar-refractivity contribution is 5.93. The van der Waals surface area contributed by atoms with Crippen molar-refractivity contribution < 1.29 is 23.1 Å². The second-order valence-corrected chi connectivity index (χ2v) is 4.60. The number of anilines is 1. The molecule has 5 nitrogen and oxygen atoms in total. The van der Waals surface area contributed by atoms with Crippen molar-refractivity contribution in [3.63, 3.8) is 0 Å². The lowest BCUT2D eigenvalue weighted by atomic mass is 10.2. The Morgan fingerprint density at radius 2 is 1.87 bits per heavy atom. The van der Waals surface area contributed by atoms with Crippen LogP contribution < -0.4 is 15.4 Å². The summed E-state index contributed by atoms with van der Waals surface area (Å²) >= 11 is 0. The maximum absolute atomic E-state index is 13.9. The van der Waals surface area contributed by atoms with E-state index in [4.69, 9.17) is 4.74 Å². The Balaban J connectivity index is 1.94. The minimum Gasteiger partial charge on any atom is -0.489 e. The first kappa shape index (κ1) is 16.4. The van der Waals surface area contributed by atoms with Crippen LogP contribution in [0, 0.1) is 11.6 Å². The number of ether oxygens (including phenoxy) is 1. The molecule has 0 spiro atoms. The van der Waals surface area contributed by atoms with Crippen LogP contribution >= 0.6 is 0 Å². The van der Waals surface area contributed by atoms with Crippen molar-refractivity contribution in [2.24, 2.45) is 0 Å². The summed E-state index contributed by atoms with van der Waals surface area (Å²) in [6.07, 6.45) is 0.377. The molecule has 2 aromatic carbocycles. The zero-order valence-electron chi connectivity index (χ0n) is 12.0. The Hall–Kier alpha value is -2.96. The fourth-order valence-corrected chi connectivity index (χ4v) is 1.76. The van der Waals surface area contributed by atoms with E-state index in [0.717, 1.165) is 11.6 Å². The van der Waals surface area contributed by atoms with E-state index in [1.807, 2.05) is 0 Å². The van der Waals surface area contributed by atoms with Gasteiger partial charge >= 0.3 is 0 Å². The summed E-state index contributed by atoms with van der Waals surface area (Å²) in [6, 6.07) is 9.74. The van der Waals surface area contributed by atoms with Crippen LogP contribution in [0.3, 0.4) is 0 Å². The maximum Gasteiger partial charge on any atom is 0.243 e. The van der Waals surface area contributed by atoms with Crippen molar-refractivity contribution in [1.82, 2.24) is 5.32 Å². The van der Waals surface area contributed by atoms with Gasteiger partial charge in [0, 0.05) is 6.07 Å². The highest BCUT2D eigenvalue weighted by Crippen LogP contribution is 2.21. The smallest absolute Gasteiger partial charge is 0.243 e. The van der Waals surface area contributed by atoms with Crippen molar-refractivity contribution in [2.45, 2.75) is 6.61 Å². The molecule has 0 atom stereocenters. The van der Waals surface area contributed by atoms with Gasteiger partial charge < -0.3 is 15.4 Å². The summed E-state index contributed by atoms with van der Waals surface area (Å²) < 4.78 is 32.1. The van der Waals surface area contributed by atoms with Gasteiger partial charge in [0.2, 0.25) is 12.3 Å². The van der Waals surface area contributed by atoms with Gasteiger partial charge in [0.05, 0.1) is 12.2 Å². The van der Waals surface area contributed by atoms with Crippen molar-refractivity contribution in [2.75, 3.05) is 11.9 Å². The third-order valence-electron chi connectivity index (χ3n) is 2.88. The standard InChI is InChI=1S/C16H14F2N2O3/c17-12-3-1-11(2-4-12)9-23-13-5-6-15(14(18)7-13)20-16(22)8-19-10-21/h1-7,10H,8-9H2,(H,19,21)(H,20,22). The predicted molar refractivity (Wildman–Crippen MR) is 79.8 cm³/mol. The van der Waals surface area contributed by atoms with E-state index in [0.29, 0.717) is 6.41 Å². The molecule has 7 heteroatoms. The highest BCUT2D eigenvalue weighted by Gasteiger charge is 2.08. The molecule has 0 fully saturated rings. The van der Waals surface area contributed by atoms with E-state index in [9.17, 15) is 18.4 Å². The molecule has 0 aromatic heterocycles. The van der Waals surface area contributed by atoms with E-state index in [2.05, 4.69) is 10.6 Å². The van der Waals surface area contributed by atoms with Crippen LogP contribution in [-0.4, -0.2) is 18.9 Å². The lowest BCUT2D eigenvalue weighted by Crippen LogP contribution is -2.27. The number of nitrogens with one attached hydrogen (secondary N) is 2. The molecular weight excluding hydrogens is 306 g/mol. The number of amides is 2. The van der Waals surface area contributed by atoms with Crippen molar-refractivity contribution >= 4 is 18.0 Å². The first-order chi connectivity index (χ1) is 11.1. The molecule has 0 bridgehead atoms. The van der Waals surface area contributed by atoms with Gasteiger partial charge in [-0.1, -0.05) is 12.1 Å². The number of halogens is 2. The highest BCUT2D eigenvalue weighted by atomic mass is 19.1. The van der Waals surface area contributed by atoms with Gasteiger partial charge in [-0.25, -0.2) is 8.78 Å². The summed E-state index contributed by atoms with van der Waals surface area (Å²) in [6.45, 7) is -0.0829. The van der Waals surface area contributed by atoms with E-state index in [-0.39, 0.29) is 30.4 Å². The van der Waals surface area contributed by atoms with E-state index in [1.54, 1.807) is 12.1 Å². The number of carbonyl (C=O) groups excluding carboxylic acids is 2. The Kier molecular flexibility index (Phi) is 5.62. The minimum absolute atomic E-state index is 0.0168. The van der Waals surface area contributed by atoms with Gasteiger partial charge in [-0.15, -0.1) is 0 Å². The molecule has 2 N–H and O–H groups in total. The van der Waals surface area contributed by atoms with Crippen molar-refractivity contribution in [3.05, 3.63) is 59.7 Å². The van der Waals surface area contributed by atoms with Gasteiger partial charge in [0.1, 0.15) is 24.0 Å². The minimum atomic E-state index is -0.666. The van der Waals surface area contributed by atoms with Gasteiger partial charge in [-0.3, -0.25) is 9.59 Å². The first-order valence-electron chi connectivity index (χ1n) is 6.72. The lowest BCUT2D eigenvalue weighted by Gasteiger charge is -2.09. The Morgan fingerprint density at radius 3 is 2.52 bits per heavy atom. The lowest BCUT2D eigenvalue weighted by molar-refractivity contribution is -0.118. The SMILES string of the molecule is O=CNCC(=O)Nc1ccc(OCc2ccc(F)cc2)cc1F. The van der Waals surface area contributed by atoms with Crippen LogP contribution in [0.4, 0.5) is 14.5 Å². The fraction of sp³-hybridized carbons (Fsp3) is 0.125. The molecule has 0 aliphatic rings. The van der Waals surface area contributed by atoms with Gasteiger partial charge in [0.25, 0.3) is 0 Å². The molecule has 0 radical (unpaired) electrons. The van der Waals surface area contributed by atoms with Crippen molar-refractivity contribution in [3.8, 4) is 5.75 Å². The quantitative estimate of drug-likeness (QED) is 0.769. The zero-order valence-corrected chi connectivity index (χ0v) is 12.0. The molecule has 120 valence electrons. The summed E-state index contributed by atoms with van der Waals surface area (Å²) in [4.78, 5) is 21.5. The molecule has 0 saturated heterocycles. The van der Waals surface area contributed by atoms with Crippen LogP contribution in [0.5, 0.6) is 5.75 Å². The van der Waals surface area contributed by atoms with Crippen molar-refractivity contribution in [1.29, 1.82) is 0 Å². The maximum atomic E-state index is 13.9. The third kappa shape index (κ3) is 5.06. The molecular formula is C16H14F2N2O3. The van der Waals surface area contributed by atoms with Gasteiger partial charge in [0.15, 0.2) is 0 Å². The van der Waals surface area contributed by atoms with Crippen LogP contribution in [0.15, 0.2) is 42.5 Å². The number of carbonyl (C=O) groups is 2. The monoisotopic (exact) mass is 320 g/mol. The average Bonchev–Trinajstić information content (AvgIpc) is 2.54. The van der Waals surface area contributed by atoms with Gasteiger partial charge in [-0.05, 0) is 29.8 Å². The largest absolute Gasteiger partial charge is 0.489 e. The molecule has 0 aliphatic carbocycles. The second-order valence-electron chi connectivity index (χ2n) is 4.60. The van der Waals surface area contributed by atoms with Gasteiger partial charge in [-0.2, -0.15) is 0 Å². The zero-order chi connectivity index (χ0) is 16.7. The Labute approximate surface area is 131 Å². The Bertz CT molecular complexity index is 690. The molecule has 0 heterocycles. The summed E-state index contributed by atoms with van der Waals surface area (Å²) in [5, 5.41) is 4.49. The van der Waals surface area contributed by atoms with E-state index >= 15 is 0 Å². The van der Waals surface area contributed by atoms with Crippen LogP contribution in [0.2, 0.25) is 0 Å². The summed E-state index contributed by atoms with van der Waals surface area (Å²) in [5.41, 5.74) is 0.723. The third-order valence-corrected chi connectivity index (χ3v) is 2.88. The van der Waals surface area contributed by atoms with E-state index < -0.39 is 11.7 Å². The number of benzene rings is 2. The summed E-state index contributed by atoms with van der Waals surface area (Å²) in [5.74, 6) is -1.28. The predicted octanol–water partition coefficient (Wildman–Crippen LogP) is 2.23. The molecule has 0 saturated carbocycles. The Morgan fingerprint density at radius 1 is 1.13 bits per heavy atom. The number of rotatable bonds is 7. The summed E-state index contributed by atoms with van der Waals surface area (Å²) in [7, 11) is 0. The molecule has 2 amide bonds. The average molecular weight is 320 g/mol. The molecule has 0 unspecified atom stereocenters. The van der Waals surface area contributed by atoms with Crippen LogP contribution in [0.25, 0.3) is 0 Å². The van der Waals surface area contributed by atoms with Crippen LogP contribution in [-0.2, 0) is 16.2 Å². The normalized spacial score (nSPS) is 10.0. The molecule has 2 rings (SSSR count). The second kappa shape index (κ2) is 7.88. The van der Waals surface area contributed by atoms with E-state index in [1.165, 1.54) is 24.3 Å². The molecule has 23 heavy (non-hydrogen) atoms. The first-order valence-corrected chi connectivity index (χ1v) is 6.72. The van der Waals surface area contributed by atoms with Crippen LogP contribution in [0.1, 0.15) is 5.56 Å². The topological polar surface area (TPSA) is 67.4 Å². The number of hydrogen-bond acceptors (Lipinski definition) is 3.